The number of amides is 1. The first-order valence-corrected chi connectivity index (χ1v) is 8.00. The molecule has 0 aliphatic carbocycles. The van der Waals surface area contributed by atoms with Crippen LogP contribution >= 0.6 is 0 Å². The summed E-state index contributed by atoms with van der Waals surface area (Å²) in [5.74, 6) is 0.191. The minimum absolute atomic E-state index is 0.252. The minimum Gasteiger partial charge on any atom is -0.388 e. The van der Waals surface area contributed by atoms with Crippen LogP contribution in [0.2, 0.25) is 0 Å². The van der Waals surface area contributed by atoms with E-state index in [2.05, 4.69) is 15.6 Å². The Morgan fingerprint density at radius 3 is 2.80 bits per heavy atom. The fourth-order valence-corrected chi connectivity index (χ4v) is 2.29. The molecule has 0 saturated heterocycles. The Labute approximate surface area is 120 Å². The van der Waals surface area contributed by atoms with Gasteiger partial charge in [-0.3, -0.25) is 9.00 Å². The molecule has 6 heteroatoms. The molecule has 0 spiro atoms. The molecule has 0 fully saturated rings. The van der Waals surface area contributed by atoms with Gasteiger partial charge in [0.15, 0.2) is 0 Å². The molecule has 1 unspecified atom stereocenters. The maximum atomic E-state index is 12.0. The van der Waals surface area contributed by atoms with Crippen LogP contribution in [0.3, 0.4) is 0 Å². The summed E-state index contributed by atoms with van der Waals surface area (Å²) >= 11 is 0. The smallest absolute Gasteiger partial charge is 0.270 e. The first-order valence-electron chi connectivity index (χ1n) is 6.27. The Morgan fingerprint density at radius 2 is 2.10 bits per heavy atom. The first-order chi connectivity index (χ1) is 9.61. The zero-order valence-corrected chi connectivity index (χ0v) is 12.3. The molecule has 2 rings (SSSR count). The van der Waals surface area contributed by atoms with Crippen LogP contribution in [0.4, 0.5) is 5.69 Å². The number of anilines is 1. The number of hydrogen-bond donors (Lipinski definition) is 2. The quantitative estimate of drug-likeness (QED) is 0.873. The van der Waals surface area contributed by atoms with Crippen molar-refractivity contribution in [2.24, 2.45) is 0 Å². The minimum atomic E-state index is -0.914. The Bertz CT molecular complexity index is 658. The zero-order valence-electron chi connectivity index (χ0n) is 11.5. The number of pyridine rings is 1. The molecule has 1 atom stereocenters. The molecule has 0 aliphatic heterocycles. The van der Waals surface area contributed by atoms with Crippen LogP contribution in [-0.4, -0.2) is 40.7 Å². The fourth-order valence-electron chi connectivity index (χ4n) is 1.90. The van der Waals surface area contributed by atoms with Gasteiger partial charge in [-0.15, -0.1) is 0 Å². The standard InChI is InChI=1S/C14H17N3O2S/c1-15-12-9-13(14(18)16-7-8-20(2)19)17-11-6-4-3-5-10(11)12/h3-6,9H,7-8H2,1-2H3,(H,15,17)(H,16,18). The van der Waals surface area contributed by atoms with Gasteiger partial charge in [-0.1, -0.05) is 18.2 Å². The second-order valence-corrected chi connectivity index (χ2v) is 5.91. The van der Waals surface area contributed by atoms with E-state index in [9.17, 15) is 9.00 Å². The second kappa shape index (κ2) is 6.47. The molecule has 106 valence electrons. The summed E-state index contributed by atoms with van der Waals surface area (Å²) in [6, 6.07) is 9.36. The van der Waals surface area contributed by atoms with Crippen molar-refractivity contribution in [2.45, 2.75) is 0 Å². The van der Waals surface area contributed by atoms with Crippen LogP contribution in [0.5, 0.6) is 0 Å². The number of fused-ring (bicyclic) bond motifs is 1. The fraction of sp³-hybridized carbons (Fsp3) is 0.286. The molecule has 1 amide bonds. The van der Waals surface area contributed by atoms with E-state index in [4.69, 9.17) is 0 Å². The number of nitrogens with one attached hydrogen (secondary N) is 2. The van der Waals surface area contributed by atoms with Gasteiger partial charge < -0.3 is 10.6 Å². The molecule has 1 aromatic heterocycles. The zero-order chi connectivity index (χ0) is 14.5. The lowest BCUT2D eigenvalue weighted by atomic mass is 10.1. The van der Waals surface area contributed by atoms with E-state index in [-0.39, 0.29) is 5.91 Å². The van der Waals surface area contributed by atoms with E-state index in [1.165, 1.54) is 0 Å². The summed E-state index contributed by atoms with van der Waals surface area (Å²) in [5.41, 5.74) is 1.98. The molecule has 5 nitrogen and oxygen atoms in total. The molecule has 20 heavy (non-hydrogen) atoms. The largest absolute Gasteiger partial charge is 0.388 e. The predicted molar refractivity (Wildman–Crippen MR) is 82.6 cm³/mol. The Hall–Kier alpha value is -1.95. The van der Waals surface area contributed by atoms with Crippen molar-refractivity contribution < 1.29 is 9.00 Å². The van der Waals surface area contributed by atoms with E-state index in [0.717, 1.165) is 16.6 Å². The highest BCUT2D eigenvalue weighted by Crippen LogP contribution is 2.22. The highest BCUT2D eigenvalue weighted by molar-refractivity contribution is 7.84. The van der Waals surface area contributed by atoms with Crippen molar-refractivity contribution in [3.8, 4) is 0 Å². The summed E-state index contributed by atoms with van der Waals surface area (Å²) in [4.78, 5) is 16.4. The van der Waals surface area contributed by atoms with E-state index in [0.29, 0.717) is 18.0 Å². The SMILES string of the molecule is CNc1cc(C(=O)NCCS(C)=O)nc2ccccc12. The molecule has 2 aromatic rings. The highest BCUT2D eigenvalue weighted by atomic mass is 32.2. The van der Waals surface area contributed by atoms with E-state index >= 15 is 0 Å². The van der Waals surface area contributed by atoms with Crippen LogP contribution in [0.25, 0.3) is 10.9 Å². The third-order valence-corrected chi connectivity index (χ3v) is 3.67. The molecular formula is C14H17N3O2S. The summed E-state index contributed by atoms with van der Waals surface area (Å²) in [6.45, 7) is 0.380. The lowest BCUT2D eigenvalue weighted by Gasteiger charge is -2.09. The lowest BCUT2D eigenvalue weighted by molar-refractivity contribution is 0.0951. The average Bonchev–Trinajstić information content (AvgIpc) is 2.45. The first kappa shape index (κ1) is 14.5. The van der Waals surface area contributed by atoms with Crippen LogP contribution in [0.1, 0.15) is 10.5 Å². The molecule has 0 bridgehead atoms. The third-order valence-electron chi connectivity index (χ3n) is 2.89. The molecular weight excluding hydrogens is 274 g/mol. The Balaban J connectivity index is 2.25. The van der Waals surface area contributed by atoms with Gasteiger partial charge in [0.05, 0.1) is 5.52 Å². The van der Waals surface area contributed by atoms with E-state index < -0.39 is 10.8 Å². The lowest BCUT2D eigenvalue weighted by Crippen LogP contribution is -2.28. The maximum Gasteiger partial charge on any atom is 0.270 e. The van der Waals surface area contributed by atoms with Crippen molar-refractivity contribution in [3.63, 3.8) is 0 Å². The Kier molecular flexibility index (Phi) is 4.68. The van der Waals surface area contributed by atoms with Crippen molar-refractivity contribution in [3.05, 3.63) is 36.0 Å². The molecule has 0 aliphatic rings. The van der Waals surface area contributed by atoms with Crippen LogP contribution in [-0.2, 0) is 10.8 Å². The Morgan fingerprint density at radius 1 is 1.35 bits per heavy atom. The van der Waals surface area contributed by atoms with Gasteiger partial charge in [0, 0.05) is 47.5 Å². The van der Waals surface area contributed by atoms with Gasteiger partial charge in [0.2, 0.25) is 0 Å². The number of carbonyl (C=O) groups excluding carboxylic acids is 1. The number of nitrogens with zero attached hydrogens (tertiary/aromatic N) is 1. The number of hydrogen-bond acceptors (Lipinski definition) is 4. The summed E-state index contributed by atoms with van der Waals surface area (Å²) < 4.78 is 11.0. The van der Waals surface area contributed by atoms with Gasteiger partial charge in [0.25, 0.3) is 5.91 Å². The van der Waals surface area contributed by atoms with Gasteiger partial charge in [-0.25, -0.2) is 4.98 Å². The van der Waals surface area contributed by atoms with E-state index in [1.807, 2.05) is 31.3 Å². The van der Waals surface area contributed by atoms with Crippen molar-refractivity contribution in [1.82, 2.24) is 10.3 Å². The van der Waals surface area contributed by atoms with Gasteiger partial charge in [0.1, 0.15) is 5.69 Å². The van der Waals surface area contributed by atoms with Crippen LogP contribution in [0, 0.1) is 0 Å². The highest BCUT2D eigenvalue weighted by Gasteiger charge is 2.11. The number of carbonyl (C=O) groups is 1. The monoisotopic (exact) mass is 291 g/mol. The van der Waals surface area contributed by atoms with Gasteiger partial charge in [-0.2, -0.15) is 0 Å². The summed E-state index contributed by atoms with van der Waals surface area (Å²) in [5, 5.41) is 6.77. The third kappa shape index (κ3) is 3.33. The predicted octanol–water partition coefficient (Wildman–Crippen LogP) is 1.38. The average molecular weight is 291 g/mol. The normalized spacial score (nSPS) is 12.1. The number of benzene rings is 1. The van der Waals surface area contributed by atoms with Crippen LogP contribution in [0.15, 0.2) is 30.3 Å². The molecule has 2 N–H and O–H groups in total. The maximum absolute atomic E-state index is 12.0. The van der Waals surface area contributed by atoms with Crippen molar-refractivity contribution in [1.29, 1.82) is 0 Å². The van der Waals surface area contributed by atoms with E-state index in [1.54, 1.807) is 12.3 Å². The number of rotatable bonds is 5. The molecule has 1 aromatic carbocycles. The molecule has 0 radical (unpaired) electrons. The second-order valence-electron chi connectivity index (χ2n) is 4.36. The van der Waals surface area contributed by atoms with Gasteiger partial charge in [-0.05, 0) is 12.1 Å². The molecule has 1 heterocycles. The van der Waals surface area contributed by atoms with Crippen molar-refractivity contribution in [2.75, 3.05) is 30.9 Å². The van der Waals surface area contributed by atoms with Crippen molar-refractivity contribution >= 4 is 33.3 Å². The molecule has 0 saturated carbocycles. The topological polar surface area (TPSA) is 71.1 Å². The van der Waals surface area contributed by atoms with Crippen LogP contribution < -0.4 is 10.6 Å². The number of aromatic nitrogens is 1. The summed E-state index contributed by atoms with van der Waals surface area (Å²) in [7, 11) is 0.895. The van der Waals surface area contributed by atoms with Gasteiger partial charge >= 0.3 is 0 Å². The number of para-hydroxylation sites is 1. The summed E-state index contributed by atoms with van der Waals surface area (Å²) in [6.07, 6.45) is 1.61.